The standard InChI is InChI=1S/C15H19BrN2OS/c1-10(2)12-8-14(19-17-12)13-4-3-7-18(13)9-11-5-6-15(16)20-11/h5-6,8,10,13H,3-4,7,9H2,1-2H3/t13-/m1/s1. The first-order valence-corrected chi connectivity index (χ1v) is 8.69. The van der Waals surface area contributed by atoms with E-state index in [0.29, 0.717) is 12.0 Å². The van der Waals surface area contributed by atoms with Gasteiger partial charge in [-0.2, -0.15) is 0 Å². The Kier molecular flexibility index (Phi) is 4.29. The summed E-state index contributed by atoms with van der Waals surface area (Å²) < 4.78 is 6.78. The second-order valence-electron chi connectivity index (χ2n) is 5.64. The molecule has 108 valence electrons. The van der Waals surface area contributed by atoms with E-state index >= 15 is 0 Å². The van der Waals surface area contributed by atoms with Crippen LogP contribution in [0.5, 0.6) is 0 Å². The number of halogens is 1. The third-order valence-corrected chi connectivity index (χ3v) is 5.43. The SMILES string of the molecule is CC(C)c1cc([C@H]2CCCN2Cc2ccc(Br)s2)on1. The average Bonchev–Trinajstić information content (AvgIpc) is 3.10. The van der Waals surface area contributed by atoms with Crippen LogP contribution in [0.3, 0.4) is 0 Å². The van der Waals surface area contributed by atoms with Gasteiger partial charge in [0.25, 0.3) is 0 Å². The van der Waals surface area contributed by atoms with Crippen LogP contribution in [-0.2, 0) is 6.54 Å². The van der Waals surface area contributed by atoms with Crippen LogP contribution in [0.1, 0.15) is 55.0 Å². The lowest BCUT2D eigenvalue weighted by atomic mass is 10.1. The Hall–Kier alpha value is -0.650. The first-order valence-electron chi connectivity index (χ1n) is 7.08. The lowest BCUT2D eigenvalue weighted by molar-refractivity contribution is 0.208. The first-order chi connectivity index (χ1) is 9.63. The van der Waals surface area contributed by atoms with Crippen molar-refractivity contribution in [2.45, 2.75) is 45.2 Å². The van der Waals surface area contributed by atoms with E-state index in [2.05, 4.69) is 58.0 Å². The summed E-state index contributed by atoms with van der Waals surface area (Å²) in [6, 6.07) is 6.84. The number of aromatic nitrogens is 1. The van der Waals surface area contributed by atoms with Gasteiger partial charge in [-0.05, 0) is 53.4 Å². The minimum absolute atomic E-state index is 0.385. The largest absolute Gasteiger partial charge is 0.359 e. The Balaban J connectivity index is 1.74. The molecule has 0 N–H and O–H groups in total. The fourth-order valence-electron chi connectivity index (χ4n) is 2.71. The fraction of sp³-hybridized carbons (Fsp3) is 0.533. The Labute approximate surface area is 132 Å². The van der Waals surface area contributed by atoms with E-state index < -0.39 is 0 Å². The molecule has 3 nitrogen and oxygen atoms in total. The van der Waals surface area contributed by atoms with E-state index in [1.54, 1.807) is 0 Å². The first kappa shape index (κ1) is 14.3. The van der Waals surface area contributed by atoms with Crippen LogP contribution in [0.4, 0.5) is 0 Å². The molecule has 1 atom stereocenters. The minimum Gasteiger partial charge on any atom is -0.359 e. The molecule has 2 aromatic rings. The summed E-state index contributed by atoms with van der Waals surface area (Å²) in [5.74, 6) is 1.46. The maximum absolute atomic E-state index is 5.59. The van der Waals surface area contributed by atoms with Crippen molar-refractivity contribution in [3.63, 3.8) is 0 Å². The van der Waals surface area contributed by atoms with Gasteiger partial charge >= 0.3 is 0 Å². The van der Waals surface area contributed by atoms with Crippen LogP contribution in [0, 0.1) is 0 Å². The van der Waals surface area contributed by atoms with E-state index in [-0.39, 0.29) is 0 Å². The van der Waals surface area contributed by atoms with Gasteiger partial charge in [0.15, 0.2) is 5.76 Å². The van der Waals surface area contributed by atoms with Crippen molar-refractivity contribution in [3.05, 3.63) is 38.3 Å². The molecule has 3 rings (SSSR count). The van der Waals surface area contributed by atoms with Gasteiger partial charge in [0.05, 0.1) is 15.5 Å². The molecule has 0 aliphatic carbocycles. The highest BCUT2D eigenvalue weighted by Crippen LogP contribution is 2.35. The molecular formula is C15H19BrN2OS. The third-order valence-electron chi connectivity index (χ3n) is 3.82. The summed E-state index contributed by atoms with van der Waals surface area (Å²) in [7, 11) is 0. The second kappa shape index (κ2) is 6.00. The van der Waals surface area contributed by atoms with E-state index in [1.807, 2.05) is 11.3 Å². The molecule has 0 aromatic carbocycles. The van der Waals surface area contributed by atoms with Crippen LogP contribution >= 0.6 is 27.3 Å². The summed E-state index contributed by atoms with van der Waals surface area (Å²) in [5.41, 5.74) is 1.06. The van der Waals surface area contributed by atoms with Gasteiger partial charge in [0.2, 0.25) is 0 Å². The van der Waals surface area contributed by atoms with Gasteiger partial charge in [-0.1, -0.05) is 19.0 Å². The van der Waals surface area contributed by atoms with Gasteiger partial charge in [0, 0.05) is 17.5 Å². The van der Waals surface area contributed by atoms with E-state index in [1.165, 1.54) is 21.5 Å². The van der Waals surface area contributed by atoms with Crippen molar-refractivity contribution < 1.29 is 4.52 Å². The van der Waals surface area contributed by atoms with Crippen LogP contribution in [0.15, 0.2) is 26.5 Å². The normalized spacial score (nSPS) is 20.1. The topological polar surface area (TPSA) is 29.3 Å². The summed E-state index contributed by atoms with van der Waals surface area (Å²) in [6.07, 6.45) is 2.40. The molecule has 3 heterocycles. The van der Waals surface area contributed by atoms with Crippen molar-refractivity contribution in [2.24, 2.45) is 0 Å². The highest BCUT2D eigenvalue weighted by molar-refractivity contribution is 9.11. The molecule has 0 unspecified atom stereocenters. The molecule has 1 fully saturated rings. The maximum Gasteiger partial charge on any atom is 0.154 e. The van der Waals surface area contributed by atoms with Crippen LogP contribution in [0.2, 0.25) is 0 Å². The smallest absolute Gasteiger partial charge is 0.154 e. The van der Waals surface area contributed by atoms with Crippen molar-refractivity contribution in [3.8, 4) is 0 Å². The van der Waals surface area contributed by atoms with Gasteiger partial charge in [-0.25, -0.2) is 0 Å². The predicted molar refractivity (Wildman–Crippen MR) is 85.0 cm³/mol. The maximum atomic E-state index is 5.59. The molecule has 20 heavy (non-hydrogen) atoms. The second-order valence-corrected chi connectivity index (χ2v) is 8.19. The zero-order chi connectivity index (χ0) is 14.1. The average molecular weight is 355 g/mol. The fourth-order valence-corrected chi connectivity index (χ4v) is 4.22. The Morgan fingerprint density at radius 2 is 2.35 bits per heavy atom. The molecule has 0 bridgehead atoms. The molecule has 2 aromatic heterocycles. The van der Waals surface area contributed by atoms with Crippen molar-refractivity contribution in [1.82, 2.24) is 10.1 Å². The molecule has 0 radical (unpaired) electrons. The van der Waals surface area contributed by atoms with Gasteiger partial charge in [-0.15, -0.1) is 11.3 Å². The monoisotopic (exact) mass is 354 g/mol. The third kappa shape index (κ3) is 3.00. The summed E-state index contributed by atoms with van der Waals surface area (Å²) >= 11 is 5.34. The zero-order valence-corrected chi connectivity index (χ0v) is 14.2. The van der Waals surface area contributed by atoms with Crippen LogP contribution in [-0.4, -0.2) is 16.6 Å². The Bertz CT molecular complexity index is 578. The number of hydrogen-bond donors (Lipinski definition) is 0. The van der Waals surface area contributed by atoms with E-state index in [4.69, 9.17) is 4.52 Å². The summed E-state index contributed by atoms with van der Waals surface area (Å²) in [4.78, 5) is 3.90. The number of rotatable bonds is 4. The van der Waals surface area contributed by atoms with Gasteiger partial charge in [0.1, 0.15) is 0 Å². The van der Waals surface area contributed by atoms with Crippen LogP contribution in [0.25, 0.3) is 0 Å². The van der Waals surface area contributed by atoms with E-state index in [0.717, 1.165) is 24.5 Å². The number of thiophene rings is 1. The summed E-state index contributed by atoms with van der Waals surface area (Å²) in [5, 5.41) is 4.20. The molecule has 5 heteroatoms. The molecule has 0 saturated carbocycles. The van der Waals surface area contributed by atoms with Gasteiger partial charge < -0.3 is 4.52 Å². The number of hydrogen-bond acceptors (Lipinski definition) is 4. The molecule has 1 aliphatic heterocycles. The lowest BCUT2D eigenvalue weighted by Crippen LogP contribution is -2.21. The zero-order valence-electron chi connectivity index (χ0n) is 11.8. The molecule has 0 amide bonds. The van der Waals surface area contributed by atoms with Crippen molar-refractivity contribution in [2.75, 3.05) is 6.54 Å². The van der Waals surface area contributed by atoms with Crippen molar-refractivity contribution >= 4 is 27.3 Å². The number of nitrogens with zero attached hydrogens (tertiary/aromatic N) is 2. The number of likely N-dealkylation sites (tertiary alicyclic amines) is 1. The quantitative estimate of drug-likeness (QED) is 0.776. The van der Waals surface area contributed by atoms with Gasteiger partial charge in [-0.3, -0.25) is 4.90 Å². The Morgan fingerprint density at radius 3 is 3.00 bits per heavy atom. The molecular weight excluding hydrogens is 336 g/mol. The van der Waals surface area contributed by atoms with E-state index in [9.17, 15) is 0 Å². The van der Waals surface area contributed by atoms with Crippen LogP contribution < -0.4 is 0 Å². The highest BCUT2D eigenvalue weighted by atomic mass is 79.9. The Morgan fingerprint density at radius 1 is 1.50 bits per heavy atom. The molecule has 0 spiro atoms. The lowest BCUT2D eigenvalue weighted by Gasteiger charge is -2.21. The van der Waals surface area contributed by atoms with Crippen molar-refractivity contribution in [1.29, 1.82) is 0 Å². The minimum atomic E-state index is 0.385. The predicted octanol–water partition coefficient (Wildman–Crippen LogP) is 4.96. The summed E-state index contributed by atoms with van der Waals surface area (Å²) in [6.45, 7) is 6.44. The highest BCUT2D eigenvalue weighted by Gasteiger charge is 2.29. The molecule has 1 saturated heterocycles. The molecule has 1 aliphatic rings.